The number of carbonyl (C=O) groups is 2. The third kappa shape index (κ3) is 5.82. The Balaban J connectivity index is 0.00000172. The van der Waals surface area contributed by atoms with Crippen LogP contribution in [-0.4, -0.2) is 18.4 Å². The first-order chi connectivity index (χ1) is 9.58. The van der Waals surface area contributed by atoms with Crippen molar-refractivity contribution < 1.29 is 14.0 Å². The van der Waals surface area contributed by atoms with E-state index in [2.05, 4.69) is 10.6 Å². The molecule has 1 aromatic rings. The molecule has 112 valence electrons. The van der Waals surface area contributed by atoms with Gasteiger partial charge in [-0.1, -0.05) is 33.3 Å². The van der Waals surface area contributed by atoms with Crippen molar-refractivity contribution in [1.82, 2.24) is 5.32 Å². The Morgan fingerprint density at radius 2 is 2.05 bits per heavy atom. The lowest BCUT2D eigenvalue weighted by molar-refractivity contribution is -0.125. The van der Waals surface area contributed by atoms with Gasteiger partial charge in [-0.25, -0.2) is 4.39 Å². The maximum Gasteiger partial charge on any atom is 0.248 e. The minimum absolute atomic E-state index is 0.328. The summed E-state index contributed by atoms with van der Waals surface area (Å²) in [5.41, 5.74) is 1.07. The minimum Gasteiger partial charge on any atom is -0.374 e. The first kappa shape index (κ1) is 18.1. The molecule has 20 heavy (non-hydrogen) atoms. The highest BCUT2D eigenvalue weighted by Gasteiger charge is 2.16. The van der Waals surface area contributed by atoms with Gasteiger partial charge < -0.3 is 5.32 Å². The van der Waals surface area contributed by atoms with Gasteiger partial charge in [-0.15, -0.1) is 0 Å². The molecule has 1 atom stereocenters. The zero-order valence-corrected chi connectivity index (χ0v) is 12.5. The number of nitrogens with one attached hydrogen (secondary N) is 2. The number of aryl methyl sites for hydroxylation is 1. The van der Waals surface area contributed by atoms with Crippen molar-refractivity contribution in [2.24, 2.45) is 0 Å². The molecule has 0 aliphatic rings. The molecule has 2 amide bonds. The lowest BCUT2D eigenvalue weighted by Crippen LogP contribution is -2.38. The van der Waals surface area contributed by atoms with Gasteiger partial charge in [-0.05, 0) is 31.0 Å². The van der Waals surface area contributed by atoms with E-state index in [4.69, 9.17) is 0 Å². The number of carbonyl (C=O) groups excluding carboxylic acids is 2. The summed E-state index contributed by atoms with van der Waals surface area (Å²) in [5.74, 6) is -0.737. The van der Waals surface area contributed by atoms with Crippen molar-refractivity contribution in [3.05, 3.63) is 29.6 Å². The van der Waals surface area contributed by atoms with E-state index in [0.717, 1.165) is 6.42 Å². The van der Waals surface area contributed by atoms with Gasteiger partial charge >= 0.3 is 0 Å². The minimum atomic E-state index is -0.540. The Bertz CT molecular complexity index is 436. The predicted molar refractivity (Wildman–Crippen MR) is 79.0 cm³/mol. The summed E-state index contributed by atoms with van der Waals surface area (Å²) < 4.78 is 13.4. The monoisotopic (exact) mass is 282 g/mol. The van der Waals surface area contributed by atoms with Gasteiger partial charge in [-0.3, -0.25) is 14.9 Å². The number of hydrogen-bond donors (Lipinski definition) is 2. The van der Waals surface area contributed by atoms with E-state index in [1.165, 1.54) is 6.07 Å². The highest BCUT2D eigenvalue weighted by atomic mass is 19.1. The molecule has 0 aliphatic heterocycles. The Labute approximate surface area is 119 Å². The molecule has 0 spiro atoms. The fourth-order valence-electron chi connectivity index (χ4n) is 1.60. The van der Waals surface area contributed by atoms with Crippen molar-refractivity contribution in [3.63, 3.8) is 0 Å². The van der Waals surface area contributed by atoms with Gasteiger partial charge in [0.2, 0.25) is 12.3 Å². The Kier molecular flexibility index (Phi) is 9.00. The van der Waals surface area contributed by atoms with E-state index in [1.807, 2.05) is 20.8 Å². The average Bonchev–Trinajstić information content (AvgIpc) is 2.45. The number of benzene rings is 1. The number of imide groups is 1. The Morgan fingerprint density at radius 1 is 1.40 bits per heavy atom. The van der Waals surface area contributed by atoms with Crippen LogP contribution in [0.25, 0.3) is 0 Å². The van der Waals surface area contributed by atoms with E-state index in [-0.39, 0.29) is 5.82 Å². The fraction of sp³-hybridized carbons (Fsp3) is 0.467. The summed E-state index contributed by atoms with van der Waals surface area (Å²) >= 11 is 0. The molecule has 4 nitrogen and oxygen atoms in total. The lowest BCUT2D eigenvalue weighted by atomic mass is 10.1. The molecule has 1 unspecified atom stereocenters. The molecule has 5 heteroatoms. The zero-order chi connectivity index (χ0) is 15.5. The van der Waals surface area contributed by atoms with Gasteiger partial charge in [0.25, 0.3) is 0 Å². The molecule has 0 fully saturated rings. The zero-order valence-electron chi connectivity index (χ0n) is 12.5. The largest absolute Gasteiger partial charge is 0.374 e. The number of anilines is 1. The van der Waals surface area contributed by atoms with Crippen molar-refractivity contribution in [2.75, 3.05) is 5.32 Å². The second-order valence-corrected chi connectivity index (χ2v) is 4.08. The van der Waals surface area contributed by atoms with Gasteiger partial charge in [0, 0.05) is 5.69 Å². The molecule has 0 radical (unpaired) electrons. The lowest BCUT2D eigenvalue weighted by Gasteiger charge is -2.17. The van der Waals surface area contributed by atoms with E-state index in [0.29, 0.717) is 24.1 Å². The standard InChI is InChI=1S/C13H17FN2O2.C2H6/c1-3-4-12(13(18)15-8-17)16-10-6-5-9(2)11(14)7-10;1-2/h5-8,12,16H,3-4H2,1-2H3,(H,15,17,18);1-2H3. The summed E-state index contributed by atoms with van der Waals surface area (Å²) in [6.45, 7) is 7.60. The summed E-state index contributed by atoms with van der Waals surface area (Å²) in [5, 5.41) is 5.02. The molecule has 1 aromatic carbocycles. The van der Waals surface area contributed by atoms with Crippen LogP contribution in [0.3, 0.4) is 0 Å². The second-order valence-electron chi connectivity index (χ2n) is 4.08. The molecule has 0 aromatic heterocycles. The van der Waals surface area contributed by atoms with Crippen LogP contribution in [0.1, 0.15) is 39.2 Å². The molecule has 0 heterocycles. The van der Waals surface area contributed by atoms with Crippen LogP contribution in [0.4, 0.5) is 10.1 Å². The average molecular weight is 282 g/mol. The van der Waals surface area contributed by atoms with Crippen molar-refractivity contribution in [2.45, 2.75) is 46.6 Å². The van der Waals surface area contributed by atoms with E-state index in [9.17, 15) is 14.0 Å². The van der Waals surface area contributed by atoms with Gasteiger partial charge in [0.1, 0.15) is 11.9 Å². The smallest absolute Gasteiger partial charge is 0.248 e. The predicted octanol–water partition coefficient (Wildman–Crippen LogP) is 3.01. The molecule has 0 aliphatic carbocycles. The molecule has 0 bridgehead atoms. The summed E-state index contributed by atoms with van der Waals surface area (Å²) in [4.78, 5) is 21.8. The van der Waals surface area contributed by atoms with Gasteiger partial charge in [0.15, 0.2) is 0 Å². The van der Waals surface area contributed by atoms with E-state index >= 15 is 0 Å². The molecule has 1 rings (SSSR count). The van der Waals surface area contributed by atoms with Crippen LogP contribution < -0.4 is 10.6 Å². The van der Waals surface area contributed by atoms with E-state index < -0.39 is 11.9 Å². The number of amides is 2. The molecular weight excluding hydrogens is 259 g/mol. The highest BCUT2D eigenvalue weighted by molar-refractivity contribution is 5.91. The summed E-state index contributed by atoms with van der Waals surface area (Å²) in [6, 6.07) is 4.14. The Hall–Kier alpha value is -1.91. The van der Waals surface area contributed by atoms with Crippen LogP contribution in [-0.2, 0) is 9.59 Å². The fourth-order valence-corrected chi connectivity index (χ4v) is 1.60. The quantitative estimate of drug-likeness (QED) is 0.789. The van der Waals surface area contributed by atoms with Gasteiger partial charge in [0.05, 0.1) is 0 Å². The normalized spacial score (nSPS) is 10.8. The highest BCUT2D eigenvalue weighted by Crippen LogP contribution is 2.15. The third-order valence-corrected chi connectivity index (χ3v) is 2.61. The maximum atomic E-state index is 13.4. The molecule has 0 saturated carbocycles. The summed E-state index contributed by atoms with van der Waals surface area (Å²) in [7, 11) is 0. The van der Waals surface area contributed by atoms with Crippen LogP contribution in [0.15, 0.2) is 18.2 Å². The summed E-state index contributed by atoms with van der Waals surface area (Å²) in [6.07, 6.45) is 1.69. The van der Waals surface area contributed by atoms with Crippen molar-refractivity contribution >= 4 is 18.0 Å². The number of halogens is 1. The molecule has 2 N–H and O–H groups in total. The van der Waals surface area contributed by atoms with Gasteiger partial charge in [-0.2, -0.15) is 0 Å². The molecular formula is C15H23FN2O2. The third-order valence-electron chi connectivity index (χ3n) is 2.61. The number of rotatable bonds is 6. The molecule has 0 saturated heterocycles. The topological polar surface area (TPSA) is 58.2 Å². The Morgan fingerprint density at radius 3 is 2.55 bits per heavy atom. The van der Waals surface area contributed by atoms with E-state index in [1.54, 1.807) is 19.1 Å². The van der Waals surface area contributed by atoms with Crippen molar-refractivity contribution in [3.8, 4) is 0 Å². The maximum absolute atomic E-state index is 13.4. The van der Waals surface area contributed by atoms with Crippen LogP contribution in [0.2, 0.25) is 0 Å². The van der Waals surface area contributed by atoms with Crippen LogP contribution >= 0.6 is 0 Å². The SMILES string of the molecule is CC.CCCC(Nc1ccc(C)c(F)c1)C(=O)NC=O. The van der Waals surface area contributed by atoms with Crippen molar-refractivity contribution in [1.29, 1.82) is 0 Å². The number of hydrogen-bond acceptors (Lipinski definition) is 3. The first-order valence-corrected chi connectivity index (χ1v) is 6.85. The second kappa shape index (κ2) is 9.95. The van der Waals surface area contributed by atoms with Crippen LogP contribution in [0.5, 0.6) is 0 Å². The first-order valence-electron chi connectivity index (χ1n) is 6.85. The van der Waals surface area contributed by atoms with Crippen LogP contribution in [0, 0.1) is 12.7 Å².